The van der Waals surface area contributed by atoms with Crippen LogP contribution in [0.3, 0.4) is 0 Å². The highest BCUT2D eigenvalue weighted by atomic mass is 35.5. The summed E-state index contributed by atoms with van der Waals surface area (Å²) < 4.78 is 5.46. The molecule has 10 nitrogen and oxygen atoms in total. The van der Waals surface area contributed by atoms with Gasteiger partial charge in [-0.3, -0.25) is 14.4 Å². The fourth-order valence-electron chi connectivity index (χ4n) is 3.84. The highest BCUT2D eigenvalue weighted by Gasteiger charge is 2.26. The number of aromatic nitrogens is 2. The van der Waals surface area contributed by atoms with Gasteiger partial charge in [0.2, 0.25) is 23.5 Å². The fourth-order valence-corrected chi connectivity index (χ4v) is 4.37. The van der Waals surface area contributed by atoms with E-state index in [4.69, 9.17) is 27.7 Å². The van der Waals surface area contributed by atoms with Crippen molar-refractivity contribution >= 4 is 46.9 Å². The number of amides is 3. The summed E-state index contributed by atoms with van der Waals surface area (Å²) in [7, 11) is 0. The Morgan fingerprint density at radius 2 is 1.82 bits per heavy atom. The van der Waals surface area contributed by atoms with Gasteiger partial charge in [-0.1, -0.05) is 28.4 Å². The Morgan fingerprint density at radius 1 is 1.03 bits per heavy atom. The molecule has 176 valence electrons. The number of carbonyl (C=O) groups is 3. The first kappa shape index (κ1) is 23.3. The van der Waals surface area contributed by atoms with Crippen LogP contribution in [0, 0.1) is 0 Å². The van der Waals surface area contributed by atoms with Crippen molar-refractivity contribution < 1.29 is 18.9 Å². The zero-order chi connectivity index (χ0) is 23.4. The number of nitrogens with one attached hydrogen (secondary N) is 1. The molecule has 0 radical (unpaired) electrons. The SMILES string of the molecule is O=C1CCN(C(=O)CN2CCCC2=O)CCN(c2nc(-c3cc(Cl)cc(Cl)c3)no2)CCN1. The topological polar surface area (TPSA) is 112 Å². The molecule has 2 aliphatic rings. The zero-order valence-corrected chi connectivity index (χ0v) is 19.4. The van der Waals surface area contributed by atoms with Crippen LogP contribution in [0.5, 0.6) is 0 Å². The Balaban J connectivity index is 1.48. The molecule has 3 heterocycles. The predicted octanol–water partition coefficient (Wildman–Crippen LogP) is 1.82. The highest BCUT2D eigenvalue weighted by molar-refractivity contribution is 6.35. The molecule has 33 heavy (non-hydrogen) atoms. The molecule has 2 aromatic rings. The minimum absolute atomic E-state index is 0.0108. The van der Waals surface area contributed by atoms with E-state index in [2.05, 4.69) is 15.5 Å². The summed E-state index contributed by atoms with van der Waals surface area (Å²) in [5.41, 5.74) is 0.615. The van der Waals surface area contributed by atoms with Gasteiger partial charge in [-0.25, -0.2) is 0 Å². The molecule has 2 saturated heterocycles. The lowest BCUT2D eigenvalue weighted by atomic mass is 10.2. The number of carbonyl (C=O) groups excluding carboxylic acids is 3. The number of anilines is 1. The number of hydrogen-bond donors (Lipinski definition) is 1. The standard InChI is InChI=1S/C21H24Cl2N6O4/c22-15-10-14(11-16(23)12-15)20-25-21(33-26-20)28-7-4-24-17(30)3-6-27(8-9-28)19(32)13-29-5-1-2-18(29)31/h10-12H,1-9,13H2,(H,24,30). The van der Waals surface area contributed by atoms with Gasteiger partial charge in [-0.2, -0.15) is 4.98 Å². The van der Waals surface area contributed by atoms with E-state index < -0.39 is 0 Å². The minimum Gasteiger partial charge on any atom is -0.354 e. The molecule has 2 fully saturated rings. The molecule has 0 unspecified atom stereocenters. The molecular formula is C21H24Cl2N6O4. The largest absolute Gasteiger partial charge is 0.354 e. The van der Waals surface area contributed by atoms with E-state index in [-0.39, 0.29) is 43.2 Å². The molecule has 12 heteroatoms. The van der Waals surface area contributed by atoms with Gasteiger partial charge < -0.3 is 24.5 Å². The lowest BCUT2D eigenvalue weighted by Gasteiger charge is -2.29. The second kappa shape index (κ2) is 10.4. The maximum Gasteiger partial charge on any atom is 0.324 e. The molecule has 1 N–H and O–H groups in total. The molecular weight excluding hydrogens is 471 g/mol. The number of hydrogen-bond acceptors (Lipinski definition) is 7. The Labute approximate surface area is 200 Å². The van der Waals surface area contributed by atoms with Gasteiger partial charge in [0.25, 0.3) is 0 Å². The van der Waals surface area contributed by atoms with Crippen molar-refractivity contribution in [1.82, 2.24) is 25.3 Å². The van der Waals surface area contributed by atoms with Crippen molar-refractivity contribution in [3.8, 4) is 11.4 Å². The van der Waals surface area contributed by atoms with E-state index in [1.807, 2.05) is 4.90 Å². The number of likely N-dealkylation sites (tertiary alicyclic amines) is 1. The first-order valence-electron chi connectivity index (χ1n) is 10.8. The van der Waals surface area contributed by atoms with Crippen molar-refractivity contribution in [3.63, 3.8) is 0 Å². The lowest BCUT2D eigenvalue weighted by molar-refractivity contribution is -0.138. The Kier molecular flexibility index (Phi) is 7.34. The second-order valence-corrected chi connectivity index (χ2v) is 8.82. The third kappa shape index (κ3) is 5.94. The average molecular weight is 495 g/mol. The Hall–Kier alpha value is -2.85. The maximum absolute atomic E-state index is 12.9. The highest BCUT2D eigenvalue weighted by Crippen LogP contribution is 2.26. The number of halogens is 2. The monoisotopic (exact) mass is 494 g/mol. The van der Waals surface area contributed by atoms with Crippen LogP contribution in [0.2, 0.25) is 10.0 Å². The van der Waals surface area contributed by atoms with Crippen molar-refractivity contribution in [2.45, 2.75) is 19.3 Å². The first-order valence-corrected chi connectivity index (χ1v) is 11.5. The fraction of sp³-hybridized carbons (Fsp3) is 0.476. The third-order valence-electron chi connectivity index (χ3n) is 5.61. The number of nitrogens with zero attached hydrogens (tertiary/aromatic N) is 5. The molecule has 1 aromatic carbocycles. The smallest absolute Gasteiger partial charge is 0.324 e. The van der Waals surface area contributed by atoms with Crippen molar-refractivity contribution in [2.75, 3.05) is 50.7 Å². The lowest BCUT2D eigenvalue weighted by Crippen LogP contribution is -2.48. The molecule has 0 saturated carbocycles. The van der Waals surface area contributed by atoms with Crippen LogP contribution in [-0.2, 0) is 14.4 Å². The van der Waals surface area contributed by atoms with Gasteiger partial charge in [0.1, 0.15) is 0 Å². The van der Waals surface area contributed by atoms with E-state index in [1.54, 1.807) is 28.0 Å². The van der Waals surface area contributed by atoms with Crippen LogP contribution in [-0.4, -0.2) is 83.5 Å². The van der Waals surface area contributed by atoms with Crippen molar-refractivity contribution in [3.05, 3.63) is 28.2 Å². The van der Waals surface area contributed by atoms with Crippen LogP contribution in [0.4, 0.5) is 6.01 Å². The quantitative estimate of drug-likeness (QED) is 0.689. The van der Waals surface area contributed by atoms with Crippen LogP contribution < -0.4 is 10.2 Å². The van der Waals surface area contributed by atoms with E-state index in [9.17, 15) is 14.4 Å². The summed E-state index contributed by atoms with van der Waals surface area (Å²) in [6.45, 7) is 2.50. The third-order valence-corrected chi connectivity index (χ3v) is 6.05. The molecule has 1 aromatic heterocycles. The van der Waals surface area contributed by atoms with Crippen LogP contribution in [0.15, 0.2) is 22.7 Å². The normalized spacial score (nSPS) is 17.9. The molecule has 3 amide bonds. The Morgan fingerprint density at radius 3 is 2.55 bits per heavy atom. The first-order chi connectivity index (χ1) is 15.9. The van der Waals surface area contributed by atoms with E-state index in [0.717, 1.165) is 6.42 Å². The van der Waals surface area contributed by atoms with Gasteiger partial charge in [0, 0.05) is 67.7 Å². The summed E-state index contributed by atoms with van der Waals surface area (Å²) in [5.74, 6) is -0.00986. The van der Waals surface area contributed by atoms with Gasteiger partial charge in [-0.15, -0.1) is 0 Å². The summed E-state index contributed by atoms with van der Waals surface area (Å²) >= 11 is 12.1. The maximum atomic E-state index is 12.9. The molecule has 0 aliphatic carbocycles. The molecule has 4 rings (SSSR count). The summed E-state index contributed by atoms with van der Waals surface area (Å²) in [6, 6.07) is 5.25. The van der Waals surface area contributed by atoms with E-state index in [0.29, 0.717) is 60.6 Å². The van der Waals surface area contributed by atoms with Crippen molar-refractivity contribution in [1.29, 1.82) is 0 Å². The van der Waals surface area contributed by atoms with Crippen molar-refractivity contribution in [2.24, 2.45) is 0 Å². The molecule has 2 aliphatic heterocycles. The molecule has 0 bridgehead atoms. The summed E-state index contributed by atoms with van der Waals surface area (Å²) in [4.78, 5) is 46.4. The van der Waals surface area contributed by atoms with Gasteiger partial charge >= 0.3 is 6.01 Å². The second-order valence-electron chi connectivity index (χ2n) is 7.95. The number of rotatable bonds is 4. The minimum atomic E-state index is -0.182. The van der Waals surface area contributed by atoms with E-state index >= 15 is 0 Å². The van der Waals surface area contributed by atoms with Crippen LogP contribution in [0.25, 0.3) is 11.4 Å². The van der Waals surface area contributed by atoms with Crippen LogP contribution >= 0.6 is 23.2 Å². The van der Waals surface area contributed by atoms with Gasteiger partial charge in [0.05, 0.1) is 6.54 Å². The zero-order valence-electron chi connectivity index (χ0n) is 17.9. The average Bonchev–Trinajstić information content (AvgIpc) is 3.41. The van der Waals surface area contributed by atoms with Gasteiger partial charge in [-0.05, 0) is 24.6 Å². The Bertz CT molecular complexity index is 1030. The summed E-state index contributed by atoms with van der Waals surface area (Å²) in [6.07, 6.45) is 1.44. The number of benzene rings is 1. The summed E-state index contributed by atoms with van der Waals surface area (Å²) in [5, 5.41) is 7.78. The van der Waals surface area contributed by atoms with Crippen LogP contribution in [0.1, 0.15) is 19.3 Å². The molecule has 0 atom stereocenters. The predicted molar refractivity (Wildman–Crippen MR) is 122 cm³/mol. The van der Waals surface area contributed by atoms with E-state index in [1.165, 1.54) is 0 Å². The van der Waals surface area contributed by atoms with Gasteiger partial charge in [0.15, 0.2) is 0 Å². The molecule has 0 spiro atoms.